The van der Waals surface area contributed by atoms with Gasteiger partial charge in [0.05, 0.1) is 0 Å². The van der Waals surface area contributed by atoms with Gasteiger partial charge in [-0.25, -0.2) is 0 Å². The first-order valence-corrected chi connectivity index (χ1v) is 6.57. The molecule has 0 spiro atoms. The van der Waals surface area contributed by atoms with Gasteiger partial charge in [0, 0.05) is 0 Å². The summed E-state index contributed by atoms with van der Waals surface area (Å²) in [4.78, 5) is 9.60. The Morgan fingerprint density at radius 1 is 1.00 bits per heavy atom. The van der Waals surface area contributed by atoms with E-state index in [9.17, 15) is 4.79 Å². The summed E-state index contributed by atoms with van der Waals surface area (Å²) in [6.45, 7) is 8.32. The Bertz CT molecular complexity index is 162. The zero-order chi connectivity index (χ0) is 12.4. The Kier molecular flexibility index (Phi) is 8.32. The van der Waals surface area contributed by atoms with E-state index in [1.165, 1.54) is 44.9 Å². The molecule has 0 N–H and O–H groups in total. The van der Waals surface area contributed by atoms with E-state index in [2.05, 4.69) is 11.7 Å². The first-order chi connectivity index (χ1) is 7.45. The van der Waals surface area contributed by atoms with Crippen molar-refractivity contribution >= 4 is 6.47 Å². The fourth-order valence-corrected chi connectivity index (χ4v) is 1.80. The van der Waals surface area contributed by atoms with Crippen LogP contribution < -0.4 is 0 Å². The van der Waals surface area contributed by atoms with Crippen LogP contribution in [0, 0.1) is 5.92 Å². The first kappa shape index (κ1) is 15.5. The summed E-state index contributed by atoms with van der Waals surface area (Å²) >= 11 is 0. The maximum atomic E-state index is 9.60. The summed E-state index contributed by atoms with van der Waals surface area (Å²) in [6.07, 6.45) is 10.4. The summed E-state index contributed by atoms with van der Waals surface area (Å²) in [6, 6.07) is 0. The van der Waals surface area contributed by atoms with Crippen LogP contribution in [0.4, 0.5) is 0 Å². The van der Waals surface area contributed by atoms with Crippen molar-refractivity contribution in [1.82, 2.24) is 0 Å². The highest BCUT2D eigenvalue weighted by Crippen LogP contribution is 2.20. The van der Waals surface area contributed by atoms with Gasteiger partial charge in [0.15, 0.2) is 0 Å². The van der Waals surface area contributed by atoms with Crippen LogP contribution in [-0.4, -0.2) is 12.1 Å². The van der Waals surface area contributed by atoms with Gasteiger partial charge in [-0.2, -0.15) is 0 Å². The molecule has 0 unspecified atom stereocenters. The maximum absolute atomic E-state index is 9.60. The van der Waals surface area contributed by atoms with Gasteiger partial charge < -0.3 is 4.74 Å². The van der Waals surface area contributed by atoms with E-state index in [0.29, 0.717) is 6.47 Å². The van der Waals surface area contributed by atoms with Crippen molar-refractivity contribution in [3.05, 3.63) is 0 Å². The molecule has 1 rings (SSSR count). The Hall–Kier alpha value is -0.530. The van der Waals surface area contributed by atoms with E-state index >= 15 is 0 Å². The Balaban J connectivity index is 0.000000293. The van der Waals surface area contributed by atoms with E-state index < -0.39 is 0 Å². The lowest BCUT2D eigenvalue weighted by Gasteiger charge is -2.14. The quantitative estimate of drug-likeness (QED) is 0.625. The molecule has 96 valence electrons. The highest BCUT2D eigenvalue weighted by atomic mass is 16.5. The van der Waals surface area contributed by atoms with Gasteiger partial charge in [-0.05, 0) is 26.7 Å². The summed E-state index contributed by atoms with van der Waals surface area (Å²) in [7, 11) is 0. The predicted molar refractivity (Wildman–Crippen MR) is 68.4 cm³/mol. The zero-order valence-electron chi connectivity index (χ0n) is 11.4. The summed E-state index contributed by atoms with van der Waals surface area (Å²) in [5, 5.41) is 0. The lowest BCUT2D eigenvalue weighted by molar-refractivity contribution is -0.138. The fourth-order valence-electron chi connectivity index (χ4n) is 1.80. The molecule has 0 saturated heterocycles. The molecular formula is C14H28O2. The molecule has 16 heavy (non-hydrogen) atoms. The monoisotopic (exact) mass is 228 g/mol. The van der Waals surface area contributed by atoms with Gasteiger partial charge in [0.25, 0.3) is 6.47 Å². The van der Waals surface area contributed by atoms with Crippen LogP contribution in [0.3, 0.4) is 0 Å². The third kappa shape index (κ3) is 11.5. The lowest BCUT2D eigenvalue weighted by atomic mass is 9.93. The molecule has 2 nitrogen and oxygen atoms in total. The molecule has 1 aliphatic rings. The minimum atomic E-state index is -0.318. The van der Waals surface area contributed by atoms with Gasteiger partial charge in [-0.1, -0.05) is 51.9 Å². The lowest BCUT2D eigenvalue weighted by Crippen LogP contribution is -2.17. The van der Waals surface area contributed by atoms with Crippen LogP contribution in [-0.2, 0) is 9.53 Å². The minimum absolute atomic E-state index is 0.318. The number of carbonyl (C=O) groups is 1. The smallest absolute Gasteiger partial charge is 0.293 e. The molecule has 1 aliphatic carbocycles. The second-order valence-electron chi connectivity index (χ2n) is 5.78. The average molecular weight is 228 g/mol. The number of rotatable bonds is 1. The molecule has 0 heterocycles. The van der Waals surface area contributed by atoms with Crippen LogP contribution in [0.15, 0.2) is 0 Å². The SMILES string of the molecule is CC(C)(C)OC=O.CC1CCCCCCC1. The average Bonchev–Trinajstić information content (AvgIpc) is 2.10. The van der Waals surface area contributed by atoms with E-state index in [4.69, 9.17) is 0 Å². The van der Waals surface area contributed by atoms with E-state index in [0.717, 1.165) is 5.92 Å². The van der Waals surface area contributed by atoms with Crippen LogP contribution in [0.5, 0.6) is 0 Å². The topological polar surface area (TPSA) is 26.3 Å². The van der Waals surface area contributed by atoms with Crippen LogP contribution >= 0.6 is 0 Å². The van der Waals surface area contributed by atoms with Gasteiger partial charge in [0.1, 0.15) is 5.60 Å². The molecule has 2 heteroatoms. The fraction of sp³-hybridized carbons (Fsp3) is 0.929. The van der Waals surface area contributed by atoms with Crippen LogP contribution in [0.2, 0.25) is 0 Å². The predicted octanol–water partition coefficient (Wildman–Crippen LogP) is 4.32. The van der Waals surface area contributed by atoms with E-state index in [1.807, 2.05) is 20.8 Å². The first-order valence-electron chi connectivity index (χ1n) is 6.57. The molecule has 0 aromatic rings. The highest BCUT2D eigenvalue weighted by molar-refractivity contribution is 5.37. The van der Waals surface area contributed by atoms with Crippen molar-refractivity contribution in [2.45, 2.75) is 78.2 Å². The molecule has 1 saturated carbocycles. The van der Waals surface area contributed by atoms with Crippen molar-refractivity contribution in [3.63, 3.8) is 0 Å². The summed E-state index contributed by atoms with van der Waals surface area (Å²) in [5.41, 5.74) is -0.318. The number of hydrogen-bond acceptors (Lipinski definition) is 2. The molecule has 0 radical (unpaired) electrons. The largest absolute Gasteiger partial charge is 0.462 e. The second-order valence-corrected chi connectivity index (χ2v) is 5.78. The molecule has 0 aliphatic heterocycles. The minimum Gasteiger partial charge on any atom is -0.462 e. The molecule has 0 aromatic carbocycles. The molecule has 0 atom stereocenters. The molecule has 0 aromatic heterocycles. The van der Waals surface area contributed by atoms with Crippen molar-refractivity contribution in [2.75, 3.05) is 0 Å². The molecule has 0 amide bonds. The van der Waals surface area contributed by atoms with E-state index in [1.54, 1.807) is 0 Å². The van der Waals surface area contributed by atoms with E-state index in [-0.39, 0.29) is 5.60 Å². The standard InChI is InChI=1S/C9H18.C5H10O2/c1-9-7-5-3-2-4-6-8-9;1-5(2,3)7-4-6/h9H,2-8H2,1H3;4H,1-3H3. The second kappa shape index (κ2) is 8.60. The maximum Gasteiger partial charge on any atom is 0.293 e. The highest BCUT2D eigenvalue weighted by Gasteiger charge is 2.07. The van der Waals surface area contributed by atoms with Gasteiger partial charge >= 0.3 is 0 Å². The van der Waals surface area contributed by atoms with Crippen molar-refractivity contribution < 1.29 is 9.53 Å². The summed E-state index contributed by atoms with van der Waals surface area (Å²) in [5.74, 6) is 1.02. The molecule has 1 fully saturated rings. The van der Waals surface area contributed by atoms with Gasteiger partial charge in [0.2, 0.25) is 0 Å². The third-order valence-electron chi connectivity index (χ3n) is 2.80. The zero-order valence-corrected chi connectivity index (χ0v) is 11.4. The Labute approximate surface area is 101 Å². The van der Waals surface area contributed by atoms with Crippen LogP contribution in [0.1, 0.15) is 72.6 Å². The van der Waals surface area contributed by atoms with Crippen molar-refractivity contribution in [3.8, 4) is 0 Å². The Morgan fingerprint density at radius 3 is 1.75 bits per heavy atom. The van der Waals surface area contributed by atoms with Crippen molar-refractivity contribution in [2.24, 2.45) is 5.92 Å². The van der Waals surface area contributed by atoms with Gasteiger partial charge in [-0.3, -0.25) is 4.79 Å². The molecule has 0 bridgehead atoms. The van der Waals surface area contributed by atoms with Crippen molar-refractivity contribution in [1.29, 1.82) is 0 Å². The normalized spacial score (nSPS) is 18.8. The number of ether oxygens (including phenoxy) is 1. The number of carbonyl (C=O) groups excluding carboxylic acids is 1. The van der Waals surface area contributed by atoms with Crippen LogP contribution in [0.25, 0.3) is 0 Å². The molecular weight excluding hydrogens is 200 g/mol. The summed E-state index contributed by atoms with van der Waals surface area (Å²) < 4.78 is 4.55. The number of hydrogen-bond donors (Lipinski definition) is 0. The third-order valence-corrected chi connectivity index (χ3v) is 2.80. The van der Waals surface area contributed by atoms with Gasteiger partial charge in [-0.15, -0.1) is 0 Å². The Morgan fingerprint density at radius 2 is 1.44 bits per heavy atom.